The molecule has 0 aliphatic carbocycles. The number of hydrogen-bond acceptors (Lipinski definition) is 4. The van der Waals surface area contributed by atoms with Crippen LogP contribution in [0.3, 0.4) is 0 Å². The topological polar surface area (TPSA) is 41.1 Å². The minimum atomic E-state index is 0.839. The molecule has 0 spiro atoms. The van der Waals surface area contributed by atoms with Crippen LogP contribution >= 0.6 is 0 Å². The average molecular weight is 270 g/mol. The van der Waals surface area contributed by atoms with Gasteiger partial charge in [0.25, 0.3) is 0 Å². The Morgan fingerprint density at radius 2 is 1.90 bits per heavy atom. The summed E-state index contributed by atoms with van der Waals surface area (Å²) in [6, 6.07) is 10.4. The quantitative estimate of drug-likeness (QED) is 0.875. The van der Waals surface area contributed by atoms with E-state index < -0.39 is 0 Å². The summed E-state index contributed by atoms with van der Waals surface area (Å²) in [7, 11) is 2.06. The highest BCUT2D eigenvalue weighted by molar-refractivity contribution is 5.57. The van der Waals surface area contributed by atoms with Gasteiger partial charge in [0.1, 0.15) is 18.0 Å². The molecule has 4 heteroatoms. The van der Waals surface area contributed by atoms with Crippen molar-refractivity contribution in [2.24, 2.45) is 0 Å². The van der Waals surface area contributed by atoms with Crippen molar-refractivity contribution in [2.75, 3.05) is 23.8 Å². The molecule has 0 aliphatic heterocycles. The number of nitrogens with zero attached hydrogens (tertiary/aromatic N) is 3. The summed E-state index contributed by atoms with van der Waals surface area (Å²) in [4.78, 5) is 10.9. The fourth-order valence-corrected chi connectivity index (χ4v) is 2.18. The lowest BCUT2D eigenvalue weighted by Gasteiger charge is -2.21. The van der Waals surface area contributed by atoms with Crippen LogP contribution in [0.2, 0.25) is 0 Å². The molecule has 0 unspecified atom stereocenters. The third-order valence-corrected chi connectivity index (χ3v) is 3.22. The number of hydrogen-bond donors (Lipinski definition) is 1. The van der Waals surface area contributed by atoms with E-state index in [1.165, 1.54) is 5.56 Å². The second-order valence-corrected chi connectivity index (χ2v) is 4.94. The molecule has 0 radical (unpaired) electrons. The van der Waals surface area contributed by atoms with E-state index in [2.05, 4.69) is 65.3 Å². The molecule has 20 heavy (non-hydrogen) atoms. The molecule has 106 valence electrons. The van der Waals surface area contributed by atoms with Crippen molar-refractivity contribution in [3.05, 3.63) is 47.8 Å². The van der Waals surface area contributed by atoms with E-state index in [0.717, 1.165) is 36.7 Å². The standard InChI is InChI=1S/C16H22N4/c1-4-10-17-15-13(2)16(19-12-18-15)20(3)11-14-8-6-5-7-9-14/h5-9,12H,4,10-11H2,1-3H3,(H,17,18,19). The van der Waals surface area contributed by atoms with Gasteiger partial charge in [-0.05, 0) is 18.9 Å². The molecule has 1 aromatic heterocycles. The maximum atomic E-state index is 4.42. The van der Waals surface area contributed by atoms with Crippen LogP contribution in [0, 0.1) is 6.92 Å². The van der Waals surface area contributed by atoms with Gasteiger partial charge in [0.2, 0.25) is 0 Å². The van der Waals surface area contributed by atoms with Crippen LogP contribution in [0.1, 0.15) is 24.5 Å². The molecule has 0 atom stereocenters. The van der Waals surface area contributed by atoms with Crippen LogP contribution in [0.5, 0.6) is 0 Å². The maximum Gasteiger partial charge on any atom is 0.137 e. The summed E-state index contributed by atoms with van der Waals surface area (Å²) in [5.41, 5.74) is 2.37. The minimum Gasteiger partial charge on any atom is -0.370 e. The Hall–Kier alpha value is -2.10. The Bertz CT molecular complexity index is 539. The molecule has 0 saturated heterocycles. The zero-order chi connectivity index (χ0) is 14.4. The molecule has 1 heterocycles. The van der Waals surface area contributed by atoms with Gasteiger partial charge in [-0.25, -0.2) is 9.97 Å². The lowest BCUT2D eigenvalue weighted by atomic mass is 10.2. The third kappa shape index (κ3) is 3.47. The number of rotatable bonds is 6. The zero-order valence-electron chi connectivity index (χ0n) is 12.4. The first-order chi connectivity index (χ1) is 9.72. The number of anilines is 2. The summed E-state index contributed by atoms with van der Waals surface area (Å²) in [5, 5.41) is 3.34. The van der Waals surface area contributed by atoms with E-state index in [1.807, 2.05) is 6.07 Å². The van der Waals surface area contributed by atoms with Crippen molar-refractivity contribution in [3.63, 3.8) is 0 Å². The molecule has 0 bridgehead atoms. The summed E-state index contributed by atoms with van der Waals surface area (Å²) >= 11 is 0. The van der Waals surface area contributed by atoms with E-state index >= 15 is 0 Å². The Labute approximate surface area is 120 Å². The fourth-order valence-electron chi connectivity index (χ4n) is 2.18. The summed E-state index contributed by atoms with van der Waals surface area (Å²) in [6.45, 7) is 5.98. The zero-order valence-corrected chi connectivity index (χ0v) is 12.4. The largest absolute Gasteiger partial charge is 0.370 e. The smallest absolute Gasteiger partial charge is 0.137 e. The van der Waals surface area contributed by atoms with E-state index in [-0.39, 0.29) is 0 Å². The molecular formula is C16H22N4. The SMILES string of the molecule is CCCNc1ncnc(N(C)Cc2ccccc2)c1C. The van der Waals surface area contributed by atoms with Gasteiger partial charge in [-0.3, -0.25) is 0 Å². The van der Waals surface area contributed by atoms with Gasteiger partial charge in [-0.2, -0.15) is 0 Å². The molecular weight excluding hydrogens is 248 g/mol. The maximum absolute atomic E-state index is 4.42. The molecule has 1 N–H and O–H groups in total. The van der Waals surface area contributed by atoms with Crippen LogP contribution in [0.15, 0.2) is 36.7 Å². The van der Waals surface area contributed by atoms with E-state index in [1.54, 1.807) is 6.33 Å². The van der Waals surface area contributed by atoms with Crippen molar-refractivity contribution in [1.82, 2.24) is 9.97 Å². The van der Waals surface area contributed by atoms with Crippen LogP contribution < -0.4 is 10.2 Å². The van der Waals surface area contributed by atoms with Crippen molar-refractivity contribution >= 4 is 11.6 Å². The molecule has 4 nitrogen and oxygen atoms in total. The van der Waals surface area contributed by atoms with Gasteiger partial charge in [0, 0.05) is 25.7 Å². The molecule has 0 amide bonds. The van der Waals surface area contributed by atoms with E-state index in [0.29, 0.717) is 0 Å². The van der Waals surface area contributed by atoms with Crippen molar-refractivity contribution in [3.8, 4) is 0 Å². The van der Waals surface area contributed by atoms with Gasteiger partial charge in [0.05, 0.1) is 0 Å². The predicted molar refractivity (Wildman–Crippen MR) is 84.1 cm³/mol. The second-order valence-electron chi connectivity index (χ2n) is 4.94. The number of aromatic nitrogens is 2. The predicted octanol–water partition coefficient (Wildman–Crippen LogP) is 3.24. The van der Waals surface area contributed by atoms with E-state index in [4.69, 9.17) is 0 Å². The highest BCUT2D eigenvalue weighted by Gasteiger charge is 2.11. The Kier molecular flexibility index (Phi) is 4.93. The van der Waals surface area contributed by atoms with Crippen molar-refractivity contribution < 1.29 is 0 Å². The lowest BCUT2D eigenvalue weighted by Crippen LogP contribution is -2.20. The van der Waals surface area contributed by atoms with Gasteiger partial charge < -0.3 is 10.2 Å². The number of nitrogens with one attached hydrogen (secondary N) is 1. The van der Waals surface area contributed by atoms with Gasteiger partial charge in [-0.1, -0.05) is 37.3 Å². The second kappa shape index (κ2) is 6.89. The monoisotopic (exact) mass is 270 g/mol. The highest BCUT2D eigenvalue weighted by Crippen LogP contribution is 2.22. The van der Waals surface area contributed by atoms with Crippen LogP contribution in [-0.4, -0.2) is 23.6 Å². The highest BCUT2D eigenvalue weighted by atomic mass is 15.2. The van der Waals surface area contributed by atoms with Gasteiger partial charge in [-0.15, -0.1) is 0 Å². The van der Waals surface area contributed by atoms with Gasteiger partial charge in [0.15, 0.2) is 0 Å². The normalized spacial score (nSPS) is 10.3. The number of benzene rings is 1. The first-order valence-corrected chi connectivity index (χ1v) is 7.03. The minimum absolute atomic E-state index is 0.839. The van der Waals surface area contributed by atoms with Gasteiger partial charge >= 0.3 is 0 Å². The summed E-state index contributed by atoms with van der Waals surface area (Å²) in [6.07, 6.45) is 2.71. The van der Waals surface area contributed by atoms with Crippen LogP contribution in [0.4, 0.5) is 11.6 Å². The molecule has 1 aromatic carbocycles. The summed E-state index contributed by atoms with van der Waals surface area (Å²) in [5.74, 6) is 1.90. The van der Waals surface area contributed by atoms with Crippen molar-refractivity contribution in [1.29, 1.82) is 0 Å². The first-order valence-electron chi connectivity index (χ1n) is 7.03. The summed E-state index contributed by atoms with van der Waals surface area (Å²) < 4.78 is 0. The fraction of sp³-hybridized carbons (Fsp3) is 0.375. The van der Waals surface area contributed by atoms with Crippen LogP contribution in [0.25, 0.3) is 0 Å². The lowest BCUT2D eigenvalue weighted by molar-refractivity contribution is 0.878. The third-order valence-electron chi connectivity index (χ3n) is 3.22. The van der Waals surface area contributed by atoms with E-state index in [9.17, 15) is 0 Å². The Morgan fingerprint density at radius 1 is 1.15 bits per heavy atom. The average Bonchev–Trinajstić information content (AvgIpc) is 2.47. The molecule has 2 aromatic rings. The molecule has 2 rings (SSSR count). The molecule has 0 saturated carbocycles. The first kappa shape index (κ1) is 14.3. The van der Waals surface area contributed by atoms with Crippen molar-refractivity contribution in [2.45, 2.75) is 26.8 Å². The molecule has 0 fully saturated rings. The molecule has 0 aliphatic rings. The van der Waals surface area contributed by atoms with Crippen LogP contribution in [-0.2, 0) is 6.54 Å². The Balaban J connectivity index is 2.15. The Morgan fingerprint density at radius 3 is 2.60 bits per heavy atom.